The van der Waals surface area contributed by atoms with Gasteiger partial charge in [-0.2, -0.15) is 15.6 Å². The highest BCUT2D eigenvalue weighted by Crippen LogP contribution is 2.34. The van der Waals surface area contributed by atoms with Crippen LogP contribution in [0.4, 0.5) is 0 Å². The monoisotopic (exact) mass is 460 g/mol. The van der Waals surface area contributed by atoms with E-state index in [2.05, 4.69) is 17.5 Å². The summed E-state index contributed by atoms with van der Waals surface area (Å²) >= 11 is 1.65. The maximum absolute atomic E-state index is 13.5. The number of hydrogen-bond donors (Lipinski definition) is 0. The van der Waals surface area contributed by atoms with E-state index in [0.29, 0.717) is 43.4 Å². The summed E-state index contributed by atoms with van der Waals surface area (Å²) in [5.74, 6) is 0.108. The molecule has 0 radical (unpaired) electrons. The molecule has 0 N–H and O–H groups in total. The average Bonchev–Trinajstić information content (AvgIpc) is 3.45. The van der Waals surface area contributed by atoms with Crippen molar-refractivity contribution in [1.29, 1.82) is 0 Å². The van der Waals surface area contributed by atoms with E-state index >= 15 is 0 Å². The van der Waals surface area contributed by atoms with Gasteiger partial charge in [-0.1, -0.05) is 6.07 Å². The van der Waals surface area contributed by atoms with Gasteiger partial charge in [0, 0.05) is 31.6 Å². The molecule has 1 saturated heterocycles. The zero-order valence-electron chi connectivity index (χ0n) is 18.8. The van der Waals surface area contributed by atoms with Crippen molar-refractivity contribution in [2.24, 2.45) is 5.92 Å². The number of benzene rings is 1. The van der Waals surface area contributed by atoms with Crippen LogP contribution < -0.4 is 0 Å². The van der Waals surface area contributed by atoms with Crippen LogP contribution in [0.25, 0.3) is 0 Å². The number of piperidine rings is 1. The molecule has 1 aliphatic heterocycles. The summed E-state index contributed by atoms with van der Waals surface area (Å²) in [6.45, 7) is 9.19. The van der Waals surface area contributed by atoms with Crippen molar-refractivity contribution >= 4 is 27.3 Å². The van der Waals surface area contributed by atoms with Crippen LogP contribution in [0, 0.1) is 33.6 Å². The number of amides is 1. The van der Waals surface area contributed by atoms with Gasteiger partial charge in [-0.15, -0.1) is 0 Å². The van der Waals surface area contributed by atoms with Crippen molar-refractivity contribution in [3.8, 4) is 0 Å². The predicted molar refractivity (Wildman–Crippen MR) is 125 cm³/mol. The van der Waals surface area contributed by atoms with Gasteiger partial charge in [-0.05, 0) is 98.0 Å². The van der Waals surface area contributed by atoms with Crippen molar-refractivity contribution < 1.29 is 13.2 Å². The van der Waals surface area contributed by atoms with Crippen molar-refractivity contribution in [3.63, 3.8) is 0 Å². The second-order valence-corrected chi connectivity index (χ2v) is 11.8. The molecule has 31 heavy (non-hydrogen) atoms. The van der Waals surface area contributed by atoms with Crippen LogP contribution in [-0.2, 0) is 21.4 Å². The first kappa shape index (κ1) is 22.5. The third kappa shape index (κ3) is 4.45. The molecular weight excluding hydrogens is 428 g/mol. The van der Waals surface area contributed by atoms with Gasteiger partial charge in [0.15, 0.2) is 0 Å². The number of carbonyl (C=O) groups is 1. The van der Waals surface area contributed by atoms with Crippen molar-refractivity contribution in [2.45, 2.75) is 70.9 Å². The second-order valence-electron chi connectivity index (χ2n) is 9.10. The van der Waals surface area contributed by atoms with Crippen LogP contribution in [0.2, 0.25) is 0 Å². The molecule has 2 heterocycles. The lowest BCUT2D eigenvalue weighted by atomic mass is 9.96. The molecule has 168 valence electrons. The Balaban J connectivity index is 1.48. The standard InChI is InChI=1S/C24H32N2O3S2/c1-16-13-17(2)19(4)23(18(16)3)31(28,29)25-10-7-21(8-11-25)24(27)26(22-5-6-22)14-20-9-12-30-15-20/h9,12-13,15,21-22H,5-8,10-11,14H2,1-4H3. The fourth-order valence-electron chi connectivity index (χ4n) is 4.63. The van der Waals surface area contributed by atoms with E-state index in [-0.39, 0.29) is 11.8 Å². The van der Waals surface area contributed by atoms with Crippen LogP contribution in [0.1, 0.15) is 53.5 Å². The summed E-state index contributed by atoms with van der Waals surface area (Å²) in [4.78, 5) is 15.8. The fourth-order valence-corrected chi connectivity index (χ4v) is 7.33. The number of carbonyl (C=O) groups excluding carboxylic acids is 1. The third-order valence-electron chi connectivity index (χ3n) is 6.90. The molecule has 2 aliphatic rings. The van der Waals surface area contributed by atoms with E-state index in [0.717, 1.165) is 35.1 Å². The van der Waals surface area contributed by atoms with Crippen LogP contribution in [0.3, 0.4) is 0 Å². The minimum absolute atomic E-state index is 0.0906. The van der Waals surface area contributed by atoms with Crippen LogP contribution in [-0.4, -0.2) is 42.7 Å². The molecular formula is C24H32N2O3S2. The van der Waals surface area contributed by atoms with E-state index in [9.17, 15) is 13.2 Å². The Hall–Kier alpha value is -1.70. The molecule has 1 aromatic carbocycles. The first-order valence-electron chi connectivity index (χ1n) is 11.1. The van der Waals surface area contributed by atoms with Crippen LogP contribution in [0.5, 0.6) is 0 Å². The zero-order chi connectivity index (χ0) is 22.3. The van der Waals surface area contributed by atoms with Gasteiger partial charge in [-0.25, -0.2) is 8.42 Å². The summed E-state index contributed by atoms with van der Waals surface area (Å²) in [6, 6.07) is 4.49. The Kier molecular flexibility index (Phi) is 6.30. The number of nitrogens with zero attached hydrogens (tertiary/aromatic N) is 2. The van der Waals surface area contributed by atoms with E-state index in [4.69, 9.17) is 0 Å². The SMILES string of the molecule is Cc1cc(C)c(C)c(S(=O)(=O)N2CCC(C(=O)N(Cc3ccsc3)C3CC3)CC2)c1C. The first-order chi connectivity index (χ1) is 14.7. The summed E-state index contributed by atoms with van der Waals surface area (Å²) in [7, 11) is -3.57. The molecule has 0 bridgehead atoms. The Morgan fingerprint density at radius 1 is 1.06 bits per heavy atom. The molecule has 7 heteroatoms. The molecule has 0 atom stereocenters. The van der Waals surface area contributed by atoms with Crippen LogP contribution in [0.15, 0.2) is 27.8 Å². The number of hydrogen-bond acceptors (Lipinski definition) is 4. The van der Waals surface area contributed by atoms with Gasteiger partial charge in [-0.3, -0.25) is 4.79 Å². The summed E-state index contributed by atoms with van der Waals surface area (Å²) in [5.41, 5.74) is 4.85. The highest BCUT2D eigenvalue weighted by molar-refractivity contribution is 7.89. The molecule has 2 aromatic rings. The molecule has 0 unspecified atom stereocenters. The maximum Gasteiger partial charge on any atom is 0.243 e. The van der Waals surface area contributed by atoms with Crippen molar-refractivity contribution in [2.75, 3.05) is 13.1 Å². The summed E-state index contributed by atoms with van der Waals surface area (Å²) in [5, 5.41) is 4.15. The molecule has 2 fully saturated rings. The predicted octanol–water partition coefficient (Wildman–Crippen LogP) is 4.57. The molecule has 5 nitrogen and oxygen atoms in total. The molecule has 1 aliphatic carbocycles. The lowest BCUT2D eigenvalue weighted by Gasteiger charge is -2.34. The minimum atomic E-state index is -3.57. The van der Waals surface area contributed by atoms with Crippen molar-refractivity contribution in [3.05, 3.63) is 50.7 Å². The highest BCUT2D eigenvalue weighted by Gasteiger charge is 2.39. The molecule has 0 spiro atoms. The highest BCUT2D eigenvalue weighted by atomic mass is 32.2. The third-order valence-corrected chi connectivity index (χ3v) is 9.81. The number of sulfonamides is 1. The zero-order valence-corrected chi connectivity index (χ0v) is 20.5. The Morgan fingerprint density at radius 2 is 1.68 bits per heavy atom. The summed E-state index contributed by atoms with van der Waals surface area (Å²) < 4.78 is 28.6. The Labute approximate surface area is 190 Å². The van der Waals surface area contributed by atoms with E-state index in [1.807, 2.05) is 38.0 Å². The maximum atomic E-state index is 13.5. The quantitative estimate of drug-likeness (QED) is 0.634. The summed E-state index contributed by atoms with van der Waals surface area (Å²) in [6.07, 6.45) is 3.34. The number of aryl methyl sites for hydroxylation is 2. The first-order valence-corrected chi connectivity index (χ1v) is 13.5. The smallest absolute Gasteiger partial charge is 0.243 e. The van der Waals surface area contributed by atoms with Gasteiger partial charge in [0.2, 0.25) is 15.9 Å². The van der Waals surface area contributed by atoms with E-state index in [1.165, 1.54) is 5.56 Å². The largest absolute Gasteiger partial charge is 0.335 e. The van der Waals surface area contributed by atoms with Gasteiger partial charge < -0.3 is 4.90 Å². The lowest BCUT2D eigenvalue weighted by molar-refractivity contribution is -0.138. The van der Waals surface area contributed by atoms with Crippen molar-refractivity contribution in [1.82, 2.24) is 9.21 Å². The number of thiophene rings is 1. The molecule has 1 saturated carbocycles. The topological polar surface area (TPSA) is 57.7 Å². The van der Waals surface area contributed by atoms with E-state index < -0.39 is 10.0 Å². The van der Waals surface area contributed by atoms with Gasteiger partial charge in [0.1, 0.15) is 0 Å². The Morgan fingerprint density at radius 3 is 2.19 bits per heavy atom. The minimum Gasteiger partial charge on any atom is -0.335 e. The fraction of sp³-hybridized carbons (Fsp3) is 0.542. The van der Waals surface area contributed by atoms with Crippen LogP contribution >= 0.6 is 11.3 Å². The lowest BCUT2D eigenvalue weighted by Crippen LogP contribution is -2.45. The Bertz CT molecular complexity index is 1040. The number of rotatable bonds is 6. The normalized spacial score (nSPS) is 18.3. The van der Waals surface area contributed by atoms with E-state index in [1.54, 1.807) is 15.6 Å². The molecule has 4 rings (SSSR count). The van der Waals surface area contributed by atoms with Gasteiger partial charge in [0.25, 0.3) is 0 Å². The average molecular weight is 461 g/mol. The van der Waals surface area contributed by atoms with Gasteiger partial charge >= 0.3 is 0 Å². The molecule has 1 amide bonds. The van der Waals surface area contributed by atoms with Gasteiger partial charge in [0.05, 0.1) is 4.90 Å². The molecule has 1 aromatic heterocycles. The second kappa shape index (κ2) is 8.68.